The van der Waals surface area contributed by atoms with Gasteiger partial charge < -0.3 is 25.6 Å². The number of carbonyl (C=O) groups is 2. The molecule has 0 aliphatic heterocycles. The maximum absolute atomic E-state index is 13.9. The van der Waals surface area contributed by atoms with Crippen molar-refractivity contribution in [1.29, 1.82) is 0 Å². The lowest BCUT2D eigenvalue weighted by atomic mass is 9.80. The van der Waals surface area contributed by atoms with Gasteiger partial charge in [0.15, 0.2) is 0 Å². The van der Waals surface area contributed by atoms with E-state index < -0.39 is 23.0 Å². The third-order valence-electron chi connectivity index (χ3n) is 6.84. The van der Waals surface area contributed by atoms with E-state index in [1.54, 1.807) is 13.8 Å². The van der Waals surface area contributed by atoms with Crippen LogP contribution in [0.2, 0.25) is 0 Å². The van der Waals surface area contributed by atoms with Crippen LogP contribution in [0.15, 0.2) is 59.1 Å². The molecule has 9 heteroatoms. The molecule has 0 spiro atoms. The summed E-state index contributed by atoms with van der Waals surface area (Å²) >= 11 is 0. The number of aliphatic carboxylic acids is 1. The van der Waals surface area contributed by atoms with Gasteiger partial charge in [-0.3, -0.25) is 9.59 Å². The zero-order chi connectivity index (χ0) is 25.5. The summed E-state index contributed by atoms with van der Waals surface area (Å²) in [6.45, 7) is 3.52. The highest BCUT2D eigenvalue weighted by molar-refractivity contribution is 5.89. The molecule has 0 saturated carbocycles. The number of rotatable bonds is 8. The topological polar surface area (TPSA) is 147 Å². The maximum atomic E-state index is 13.9. The number of carboxylic acids is 1. The number of hydrogen-bond donors (Lipinski definition) is 4. The Morgan fingerprint density at radius 3 is 2.44 bits per heavy atom. The molecule has 1 aliphatic rings. The summed E-state index contributed by atoms with van der Waals surface area (Å²) in [6, 6.07) is 14.9. The summed E-state index contributed by atoms with van der Waals surface area (Å²) in [4.78, 5) is 29.0. The van der Waals surface area contributed by atoms with Gasteiger partial charge >= 0.3 is 5.97 Å². The van der Waals surface area contributed by atoms with Crippen molar-refractivity contribution < 1.29 is 19.1 Å². The molecule has 1 unspecified atom stereocenters. The predicted molar refractivity (Wildman–Crippen MR) is 133 cm³/mol. The highest BCUT2D eigenvalue weighted by Gasteiger charge is 2.46. The fourth-order valence-corrected chi connectivity index (χ4v) is 5.02. The average molecular weight is 488 g/mol. The molecule has 0 saturated heterocycles. The van der Waals surface area contributed by atoms with Gasteiger partial charge in [-0.1, -0.05) is 42.5 Å². The monoisotopic (exact) mass is 487 g/mol. The van der Waals surface area contributed by atoms with Crippen LogP contribution in [0, 0.1) is 5.41 Å². The molecule has 5 N–H and O–H groups in total. The first-order valence-electron chi connectivity index (χ1n) is 11.9. The molecule has 2 aromatic heterocycles. The smallest absolute Gasteiger partial charge is 0.304 e. The first-order valence-corrected chi connectivity index (χ1v) is 11.9. The lowest BCUT2D eigenvalue weighted by molar-refractivity contribution is -0.145. The molecule has 186 valence electrons. The van der Waals surface area contributed by atoms with Crippen LogP contribution in [0.3, 0.4) is 0 Å². The van der Waals surface area contributed by atoms with Gasteiger partial charge in [0.1, 0.15) is 6.04 Å². The number of para-hydroxylation sites is 1. The molecule has 5 rings (SSSR count). The van der Waals surface area contributed by atoms with Gasteiger partial charge in [-0.2, -0.15) is 0 Å². The number of H-pyrrole nitrogens is 1. The highest BCUT2D eigenvalue weighted by atomic mass is 16.4. The van der Waals surface area contributed by atoms with Crippen molar-refractivity contribution >= 4 is 22.8 Å². The Hall–Kier alpha value is -3.98. The molecule has 1 atom stereocenters. The van der Waals surface area contributed by atoms with E-state index in [4.69, 9.17) is 10.2 Å². The largest absolute Gasteiger partial charge is 0.481 e. The lowest BCUT2D eigenvalue weighted by Crippen LogP contribution is -2.45. The molecule has 1 amide bonds. The Morgan fingerprint density at radius 1 is 1.14 bits per heavy atom. The number of nitrogens with two attached hydrogens (primary N) is 1. The lowest BCUT2D eigenvalue weighted by Gasteiger charge is -2.28. The molecule has 9 nitrogen and oxygen atoms in total. The predicted octanol–water partition coefficient (Wildman–Crippen LogP) is 3.40. The van der Waals surface area contributed by atoms with Gasteiger partial charge in [0.2, 0.25) is 17.7 Å². The number of hydrogen-bond acceptors (Lipinski definition) is 6. The van der Waals surface area contributed by atoms with Crippen molar-refractivity contribution in [3.63, 3.8) is 0 Å². The molecule has 0 bridgehead atoms. The number of aromatic nitrogens is 3. The van der Waals surface area contributed by atoms with Crippen molar-refractivity contribution in [2.45, 2.75) is 51.1 Å². The zero-order valence-corrected chi connectivity index (χ0v) is 20.2. The molecule has 2 aromatic carbocycles. The van der Waals surface area contributed by atoms with Crippen LogP contribution in [0.1, 0.15) is 54.8 Å². The first kappa shape index (κ1) is 23.7. The van der Waals surface area contributed by atoms with Crippen LogP contribution in [0.25, 0.3) is 10.9 Å². The van der Waals surface area contributed by atoms with E-state index >= 15 is 0 Å². The third-order valence-corrected chi connectivity index (χ3v) is 6.84. The van der Waals surface area contributed by atoms with Gasteiger partial charge in [0.05, 0.1) is 17.4 Å². The van der Waals surface area contributed by atoms with Gasteiger partial charge in [-0.05, 0) is 49.4 Å². The van der Waals surface area contributed by atoms with Crippen LogP contribution in [-0.2, 0) is 34.4 Å². The number of nitrogens with one attached hydrogen (secondary N) is 2. The van der Waals surface area contributed by atoms with Crippen LogP contribution < -0.4 is 11.1 Å². The third kappa shape index (κ3) is 4.49. The minimum Gasteiger partial charge on any atom is -0.481 e. The van der Waals surface area contributed by atoms with E-state index in [0.717, 1.165) is 27.6 Å². The molecule has 4 aromatic rings. The Kier molecular flexibility index (Phi) is 5.88. The van der Waals surface area contributed by atoms with E-state index in [1.165, 1.54) is 0 Å². The zero-order valence-electron chi connectivity index (χ0n) is 20.2. The minimum absolute atomic E-state index is 0.225. The molecule has 1 aliphatic carbocycles. The van der Waals surface area contributed by atoms with Crippen LogP contribution in [0.5, 0.6) is 0 Å². The Morgan fingerprint density at radius 2 is 1.81 bits per heavy atom. The standard InChI is InChI=1S/C27H29N5O4/c1-26(2,28)25-32-31-23(36-25)21(11-18-15-29-20-10-6-5-9-19(18)20)30-24(35)27(14-22(33)34)12-16-7-3-4-8-17(16)13-27/h3-10,15,21,29H,11-14,28H2,1-2H3,(H,30,35)(H,33,34). The molecule has 0 fully saturated rings. The highest BCUT2D eigenvalue weighted by Crippen LogP contribution is 2.41. The van der Waals surface area contributed by atoms with E-state index in [1.807, 2.05) is 54.7 Å². The molecular weight excluding hydrogens is 458 g/mol. The van der Waals surface area contributed by atoms with E-state index in [9.17, 15) is 14.7 Å². The molecule has 0 radical (unpaired) electrons. The molecular formula is C27H29N5O4. The first-order chi connectivity index (χ1) is 17.1. The number of aromatic amines is 1. The molecule has 2 heterocycles. The van der Waals surface area contributed by atoms with Gasteiger partial charge in [0, 0.05) is 23.5 Å². The summed E-state index contributed by atoms with van der Waals surface area (Å²) in [6.07, 6.45) is 2.70. The van der Waals surface area contributed by atoms with Gasteiger partial charge in [0.25, 0.3) is 0 Å². The van der Waals surface area contributed by atoms with Gasteiger partial charge in [-0.15, -0.1) is 10.2 Å². The fraction of sp³-hybridized carbons (Fsp3) is 0.333. The second kappa shape index (κ2) is 8.91. The summed E-state index contributed by atoms with van der Waals surface area (Å²) in [5.41, 5.74) is 8.12. The Balaban J connectivity index is 1.49. The van der Waals surface area contributed by atoms with E-state index in [2.05, 4.69) is 20.5 Å². The van der Waals surface area contributed by atoms with Crippen LogP contribution in [-0.4, -0.2) is 32.2 Å². The van der Waals surface area contributed by atoms with Gasteiger partial charge in [-0.25, -0.2) is 0 Å². The summed E-state index contributed by atoms with van der Waals surface area (Å²) in [5.74, 6) is -0.888. The average Bonchev–Trinajstić information content (AvgIpc) is 3.55. The number of benzene rings is 2. The number of fused-ring (bicyclic) bond motifs is 2. The van der Waals surface area contributed by atoms with E-state index in [0.29, 0.717) is 19.3 Å². The Labute approximate surface area is 208 Å². The second-order valence-corrected chi connectivity index (χ2v) is 10.2. The maximum Gasteiger partial charge on any atom is 0.304 e. The van der Waals surface area contributed by atoms with Crippen molar-refractivity contribution in [3.05, 3.63) is 83.2 Å². The summed E-state index contributed by atoms with van der Waals surface area (Å²) in [7, 11) is 0. The normalized spacial score (nSPS) is 15.5. The quantitative estimate of drug-likeness (QED) is 0.298. The molecule has 36 heavy (non-hydrogen) atoms. The second-order valence-electron chi connectivity index (χ2n) is 10.2. The number of amides is 1. The van der Waals surface area contributed by atoms with Crippen LogP contribution >= 0.6 is 0 Å². The minimum atomic E-state index is -1.11. The van der Waals surface area contributed by atoms with Crippen molar-refractivity contribution in [1.82, 2.24) is 20.5 Å². The number of carbonyl (C=O) groups excluding carboxylic acids is 1. The van der Waals surface area contributed by atoms with Crippen LogP contribution in [0.4, 0.5) is 0 Å². The van der Waals surface area contributed by atoms with Crippen molar-refractivity contribution in [2.75, 3.05) is 0 Å². The fourth-order valence-electron chi connectivity index (χ4n) is 5.02. The van der Waals surface area contributed by atoms with Crippen molar-refractivity contribution in [2.24, 2.45) is 11.1 Å². The summed E-state index contributed by atoms with van der Waals surface area (Å²) in [5, 5.41) is 22.1. The Bertz CT molecular complexity index is 1410. The van der Waals surface area contributed by atoms with E-state index in [-0.39, 0.29) is 24.1 Å². The summed E-state index contributed by atoms with van der Waals surface area (Å²) < 4.78 is 5.92. The van der Waals surface area contributed by atoms with Crippen molar-refractivity contribution in [3.8, 4) is 0 Å². The SMILES string of the molecule is CC(C)(N)c1nnc(C(Cc2c[nH]c3ccccc23)NC(=O)C2(CC(=O)O)Cc3ccccc3C2)o1. The number of carboxylic acid groups (broad SMARTS) is 1. The number of nitrogens with zero attached hydrogens (tertiary/aromatic N) is 2.